The minimum atomic E-state index is 0.713. The van der Waals surface area contributed by atoms with E-state index in [2.05, 4.69) is 25.8 Å². The molecule has 0 N–H and O–H groups in total. The smallest absolute Gasteiger partial charge is 0.213 e. The van der Waals surface area contributed by atoms with Gasteiger partial charge in [-0.3, -0.25) is 4.90 Å². The summed E-state index contributed by atoms with van der Waals surface area (Å²) in [6.45, 7) is 3.21. The predicted molar refractivity (Wildman–Crippen MR) is 75.6 cm³/mol. The van der Waals surface area contributed by atoms with Gasteiger partial charge in [-0.1, -0.05) is 0 Å². The lowest BCUT2D eigenvalue weighted by atomic mass is 10.3. The first kappa shape index (κ1) is 13.2. The minimum absolute atomic E-state index is 0.713. The Morgan fingerprint density at radius 2 is 2.35 bits per heavy atom. The summed E-state index contributed by atoms with van der Waals surface area (Å²) in [6, 6.07) is 3.84. The number of ether oxygens (including phenoxy) is 1. The van der Waals surface area contributed by atoms with Gasteiger partial charge in [-0.2, -0.15) is 0 Å². The van der Waals surface area contributed by atoms with Crippen molar-refractivity contribution in [3.05, 3.63) is 22.8 Å². The number of hydrogen-bond donors (Lipinski definition) is 0. The molecule has 5 heteroatoms. The predicted octanol–water partition coefficient (Wildman–Crippen LogP) is 3.01. The molecule has 94 valence electrons. The molecule has 2 heterocycles. The van der Waals surface area contributed by atoms with Crippen LogP contribution in [0.4, 0.5) is 0 Å². The van der Waals surface area contributed by atoms with Gasteiger partial charge in [0.05, 0.1) is 6.61 Å². The quantitative estimate of drug-likeness (QED) is 0.753. The number of hydrogen-bond acceptors (Lipinski definition) is 4. The molecular weight excluding hydrogens is 300 g/mol. The molecule has 0 atom stereocenters. The highest BCUT2D eigenvalue weighted by molar-refractivity contribution is 9.10. The summed E-state index contributed by atoms with van der Waals surface area (Å²) in [4.78, 5) is 6.67. The molecule has 1 fully saturated rings. The van der Waals surface area contributed by atoms with Crippen molar-refractivity contribution < 1.29 is 4.74 Å². The van der Waals surface area contributed by atoms with Crippen LogP contribution in [-0.2, 0) is 0 Å². The van der Waals surface area contributed by atoms with E-state index in [0.29, 0.717) is 5.88 Å². The fourth-order valence-electron chi connectivity index (χ4n) is 1.69. The van der Waals surface area contributed by atoms with E-state index in [1.54, 1.807) is 6.20 Å². The van der Waals surface area contributed by atoms with Gasteiger partial charge in [0.2, 0.25) is 5.88 Å². The van der Waals surface area contributed by atoms with Crippen LogP contribution in [-0.4, -0.2) is 41.2 Å². The van der Waals surface area contributed by atoms with Crippen molar-refractivity contribution in [2.45, 2.75) is 12.8 Å². The first-order valence-electron chi connectivity index (χ1n) is 5.89. The lowest BCUT2D eigenvalue weighted by Gasteiger charge is -2.13. The van der Waals surface area contributed by atoms with Crippen LogP contribution in [0.25, 0.3) is 0 Å². The average molecular weight is 317 g/mol. The summed E-state index contributed by atoms with van der Waals surface area (Å²) < 4.78 is 6.55. The third-order valence-electron chi connectivity index (χ3n) is 2.64. The Hall–Kier alpha value is -0.260. The fraction of sp³-hybridized carbons (Fsp3) is 0.583. The van der Waals surface area contributed by atoms with Gasteiger partial charge in [0.25, 0.3) is 0 Å². The van der Waals surface area contributed by atoms with E-state index in [4.69, 9.17) is 4.74 Å². The Morgan fingerprint density at radius 1 is 1.41 bits per heavy atom. The Kier molecular flexibility index (Phi) is 5.61. The maximum absolute atomic E-state index is 5.57. The molecule has 1 aromatic heterocycles. The van der Waals surface area contributed by atoms with E-state index in [1.165, 1.54) is 31.1 Å². The van der Waals surface area contributed by atoms with Crippen LogP contribution >= 0.6 is 27.7 Å². The molecule has 0 aliphatic carbocycles. The maximum atomic E-state index is 5.57. The van der Waals surface area contributed by atoms with Crippen molar-refractivity contribution in [1.29, 1.82) is 0 Å². The summed E-state index contributed by atoms with van der Waals surface area (Å²) >= 11 is 5.38. The van der Waals surface area contributed by atoms with Crippen LogP contribution in [0.2, 0.25) is 0 Å². The summed E-state index contributed by atoms with van der Waals surface area (Å²) in [5, 5.41) is 0. The summed E-state index contributed by atoms with van der Waals surface area (Å²) in [6.07, 6.45) is 4.06. The molecule has 0 aromatic carbocycles. The Bertz CT molecular complexity index is 328. The van der Waals surface area contributed by atoms with Gasteiger partial charge in [0.1, 0.15) is 0 Å². The van der Waals surface area contributed by atoms with Gasteiger partial charge in [-0.15, -0.1) is 11.8 Å². The van der Waals surface area contributed by atoms with Crippen LogP contribution < -0.4 is 4.74 Å². The van der Waals surface area contributed by atoms with E-state index in [-0.39, 0.29) is 0 Å². The number of unbranched alkanes of at least 4 members (excludes halogenated alkanes) is 1. The van der Waals surface area contributed by atoms with Crippen LogP contribution in [0.5, 0.6) is 5.88 Å². The summed E-state index contributed by atoms with van der Waals surface area (Å²) in [5.41, 5.74) is 0. The molecule has 0 spiro atoms. The molecule has 0 amide bonds. The lowest BCUT2D eigenvalue weighted by molar-refractivity contribution is 0.276. The number of pyridine rings is 1. The van der Waals surface area contributed by atoms with Crippen LogP contribution in [0.3, 0.4) is 0 Å². The number of rotatable bonds is 6. The third-order valence-corrected chi connectivity index (χ3v) is 4.13. The Labute approximate surface area is 115 Å². The molecule has 0 bridgehead atoms. The van der Waals surface area contributed by atoms with Gasteiger partial charge in [-0.25, -0.2) is 4.98 Å². The van der Waals surface area contributed by atoms with Crippen molar-refractivity contribution in [2.24, 2.45) is 0 Å². The van der Waals surface area contributed by atoms with Crippen molar-refractivity contribution >= 4 is 27.7 Å². The second-order valence-electron chi connectivity index (χ2n) is 4.03. The zero-order valence-electron chi connectivity index (χ0n) is 9.77. The standard InChI is InChI=1S/C12H17BrN2OS/c13-11-3-4-12(14-9-11)16-7-2-1-5-15-6-8-17-10-15/h3-4,9H,1-2,5-8,10H2. The highest BCUT2D eigenvalue weighted by atomic mass is 79.9. The average Bonchev–Trinajstić information content (AvgIpc) is 2.84. The fourth-order valence-corrected chi connectivity index (χ4v) is 2.96. The first-order chi connectivity index (χ1) is 8.34. The van der Waals surface area contributed by atoms with Crippen molar-refractivity contribution in [3.8, 4) is 5.88 Å². The molecule has 1 aromatic rings. The SMILES string of the molecule is Brc1ccc(OCCCCN2CCSC2)nc1. The van der Waals surface area contributed by atoms with E-state index in [1.807, 2.05) is 23.9 Å². The third kappa shape index (κ3) is 4.85. The van der Waals surface area contributed by atoms with Crippen molar-refractivity contribution in [1.82, 2.24) is 9.88 Å². The van der Waals surface area contributed by atoms with Crippen LogP contribution in [0.15, 0.2) is 22.8 Å². The van der Waals surface area contributed by atoms with Crippen LogP contribution in [0, 0.1) is 0 Å². The van der Waals surface area contributed by atoms with E-state index in [0.717, 1.165) is 17.5 Å². The second-order valence-corrected chi connectivity index (χ2v) is 6.02. The lowest BCUT2D eigenvalue weighted by Crippen LogP contribution is -2.21. The maximum Gasteiger partial charge on any atom is 0.213 e. The van der Waals surface area contributed by atoms with Gasteiger partial charge < -0.3 is 4.74 Å². The summed E-state index contributed by atoms with van der Waals surface area (Å²) in [5.74, 6) is 3.21. The van der Waals surface area contributed by atoms with Gasteiger partial charge in [0.15, 0.2) is 0 Å². The van der Waals surface area contributed by atoms with Crippen molar-refractivity contribution in [3.63, 3.8) is 0 Å². The number of halogens is 1. The normalized spacial score (nSPS) is 16.3. The van der Waals surface area contributed by atoms with Gasteiger partial charge >= 0.3 is 0 Å². The zero-order chi connectivity index (χ0) is 11.9. The van der Waals surface area contributed by atoms with Gasteiger partial charge in [0, 0.05) is 34.9 Å². The molecule has 0 saturated carbocycles. The monoisotopic (exact) mass is 316 g/mol. The minimum Gasteiger partial charge on any atom is -0.478 e. The number of thioether (sulfide) groups is 1. The molecule has 17 heavy (non-hydrogen) atoms. The molecule has 0 radical (unpaired) electrons. The molecule has 2 rings (SSSR count). The first-order valence-corrected chi connectivity index (χ1v) is 7.84. The molecule has 0 unspecified atom stereocenters. The van der Waals surface area contributed by atoms with E-state index < -0.39 is 0 Å². The summed E-state index contributed by atoms with van der Waals surface area (Å²) in [7, 11) is 0. The largest absolute Gasteiger partial charge is 0.478 e. The van der Waals surface area contributed by atoms with E-state index in [9.17, 15) is 0 Å². The molecule has 1 saturated heterocycles. The number of aromatic nitrogens is 1. The van der Waals surface area contributed by atoms with Crippen LogP contribution in [0.1, 0.15) is 12.8 Å². The van der Waals surface area contributed by atoms with Gasteiger partial charge in [-0.05, 0) is 41.4 Å². The number of nitrogens with zero attached hydrogens (tertiary/aromatic N) is 2. The molecule has 1 aliphatic heterocycles. The topological polar surface area (TPSA) is 25.4 Å². The van der Waals surface area contributed by atoms with E-state index >= 15 is 0 Å². The molecule has 1 aliphatic rings. The highest BCUT2D eigenvalue weighted by Crippen LogP contribution is 2.14. The zero-order valence-corrected chi connectivity index (χ0v) is 12.2. The second kappa shape index (κ2) is 7.24. The molecule has 3 nitrogen and oxygen atoms in total. The Balaban J connectivity index is 1.55. The highest BCUT2D eigenvalue weighted by Gasteiger charge is 2.10. The molecular formula is C12H17BrN2OS. The Morgan fingerprint density at radius 3 is 3.06 bits per heavy atom. The van der Waals surface area contributed by atoms with Crippen molar-refractivity contribution in [2.75, 3.05) is 31.3 Å².